The maximum absolute atomic E-state index is 12.4. The van der Waals surface area contributed by atoms with Crippen molar-refractivity contribution in [2.75, 3.05) is 32.8 Å². The molecule has 1 aliphatic heterocycles. The van der Waals surface area contributed by atoms with E-state index in [-0.39, 0.29) is 0 Å². The molecule has 4 heteroatoms. The van der Waals surface area contributed by atoms with Gasteiger partial charge in [-0.1, -0.05) is 13.8 Å². The second-order valence-electron chi connectivity index (χ2n) is 6.57. The number of hydrogen-bond acceptors (Lipinski definition) is 3. The fourth-order valence-corrected chi connectivity index (χ4v) is 2.84. The number of carbonyl (C=O) groups is 1. The van der Waals surface area contributed by atoms with E-state index in [1.54, 1.807) is 0 Å². The van der Waals surface area contributed by atoms with Crippen LogP contribution in [0.1, 0.15) is 39.5 Å². The fraction of sp³-hybridized carbons (Fsp3) is 0.933. The molecule has 1 saturated carbocycles. The van der Waals surface area contributed by atoms with Gasteiger partial charge in [0.15, 0.2) is 0 Å². The molecule has 1 amide bonds. The molecule has 1 heterocycles. The Morgan fingerprint density at radius 2 is 1.89 bits per heavy atom. The van der Waals surface area contributed by atoms with E-state index in [1.807, 2.05) is 0 Å². The first kappa shape index (κ1) is 14.8. The summed E-state index contributed by atoms with van der Waals surface area (Å²) in [4.78, 5) is 16.8. The van der Waals surface area contributed by atoms with Crippen LogP contribution >= 0.6 is 0 Å². The maximum Gasteiger partial charge on any atom is 0.237 e. The first-order valence-corrected chi connectivity index (χ1v) is 7.72. The molecule has 1 N–H and O–H groups in total. The highest BCUT2D eigenvalue weighted by molar-refractivity contribution is 5.79. The number of piperidine rings is 1. The van der Waals surface area contributed by atoms with E-state index >= 15 is 0 Å². The molecule has 2 fully saturated rings. The van der Waals surface area contributed by atoms with Crippen LogP contribution < -0.4 is 0 Å². The molecular weight excluding hydrogens is 240 g/mol. The zero-order valence-electron chi connectivity index (χ0n) is 12.3. The lowest BCUT2D eigenvalue weighted by atomic mass is 9.98. The summed E-state index contributed by atoms with van der Waals surface area (Å²) in [5.74, 6) is 1.30. The van der Waals surface area contributed by atoms with Gasteiger partial charge in [-0.2, -0.15) is 0 Å². The number of likely N-dealkylation sites (tertiary alicyclic amines) is 1. The Kier molecular flexibility index (Phi) is 5.22. The number of amides is 1. The van der Waals surface area contributed by atoms with Gasteiger partial charge in [-0.05, 0) is 50.6 Å². The van der Waals surface area contributed by atoms with E-state index in [1.165, 1.54) is 12.8 Å². The lowest BCUT2D eigenvalue weighted by Crippen LogP contribution is -2.45. The summed E-state index contributed by atoms with van der Waals surface area (Å²) in [6, 6.07) is 0.518. The number of aliphatic hydroxyl groups is 1. The molecule has 0 unspecified atom stereocenters. The van der Waals surface area contributed by atoms with Gasteiger partial charge in [0.2, 0.25) is 5.91 Å². The van der Waals surface area contributed by atoms with Crippen molar-refractivity contribution < 1.29 is 9.90 Å². The van der Waals surface area contributed by atoms with Crippen molar-refractivity contribution in [3.63, 3.8) is 0 Å². The smallest absolute Gasteiger partial charge is 0.237 e. The molecule has 0 bridgehead atoms. The van der Waals surface area contributed by atoms with E-state index in [2.05, 4.69) is 23.6 Å². The standard InChI is InChI=1S/C15H28N2O2/c1-12(2)9-17(14-3-4-14)15(19)10-16-7-5-13(11-18)6-8-16/h12-14,18H,3-11H2,1-2H3. The molecule has 0 aromatic heterocycles. The third kappa shape index (κ3) is 4.46. The Labute approximate surface area is 116 Å². The highest BCUT2D eigenvalue weighted by atomic mass is 16.3. The highest BCUT2D eigenvalue weighted by Gasteiger charge is 2.33. The normalized spacial score (nSPS) is 21.9. The first-order chi connectivity index (χ1) is 9.10. The summed E-state index contributed by atoms with van der Waals surface area (Å²) in [6.45, 7) is 8.03. The Hall–Kier alpha value is -0.610. The average molecular weight is 268 g/mol. The van der Waals surface area contributed by atoms with E-state index in [9.17, 15) is 4.79 Å². The van der Waals surface area contributed by atoms with Crippen molar-refractivity contribution in [3.8, 4) is 0 Å². The molecule has 0 atom stereocenters. The van der Waals surface area contributed by atoms with Crippen molar-refractivity contribution in [2.24, 2.45) is 11.8 Å². The van der Waals surface area contributed by atoms with Crippen LogP contribution in [0.4, 0.5) is 0 Å². The van der Waals surface area contributed by atoms with Crippen molar-refractivity contribution >= 4 is 5.91 Å². The second-order valence-corrected chi connectivity index (χ2v) is 6.57. The second kappa shape index (κ2) is 6.71. The molecule has 1 aliphatic carbocycles. The topological polar surface area (TPSA) is 43.8 Å². The van der Waals surface area contributed by atoms with Crippen molar-refractivity contribution in [1.29, 1.82) is 0 Å². The predicted octanol–water partition coefficient (Wildman–Crippen LogP) is 1.34. The quantitative estimate of drug-likeness (QED) is 0.790. The van der Waals surface area contributed by atoms with Gasteiger partial charge in [0.25, 0.3) is 0 Å². The molecule has 19 heavy (non-hydrogen) atoms. The summed E-state index contributed by atoms with van der Waals surface area (Å²) in [5.41, 5.74) is 0. The lowest BCUT2D eigenvalue weighted by molar-refractivity contribution is -0.134. The van der Waals surface area contributed by atoms with Crippen LogP contribution in [0, 0.1) is 11.8 Å². The molecule has 0 radical (unpaired) electrons. The Bertz CT molecular complexity index is 295. The summed E-state index contributed by atoms with van der Waals surface area (Å²) in [7, 11) is 0. The minimum absolute atomic E-state index is 0.295. The van der Waals surface area contributed by atoms with E-state index in [0.717, 1.165) is 32.5 Å². The van der Waals surface area contributed by atoms with Crippen LogP contribution in [-0.4, -0.2) is 59.6 Å². The molecule has 110 valence electrons. The van der Waals surface area contributed by atoms with Crippen LogP contribution in [0.3, 0.4) is 0 Å². The minimum atomic E-state index is 0.295. The summed E-state index contributed by atoms with van der Waals surface area (Å²) >= 11 is 0. The molecule has 1 saturated heterocycles. The van der Waals surface area contributed by atoms with Crippen LogP contribution in [0.15, 0.2) is 0 Å². The first-order valence-electron chi connectivity index (χ1n) is 7.72. The van der Waals surface area contributed by atoms with Gasteiger partial charge >= 0.3 is 0 Å². The van der Waals surface area contributed by atoms with Crippen LogP contribution in [0.5, 0.6) is 0 Å². The number of nitrogens with zero attached hydrogens (tertiary/aromatic N) is 2. The van der Waals surface area contributed by atoms with E-state index in [4.69, 9.17) is 5.11 Å². The Morgan fingerprint density at radius 1 is 1.26 bits per heavy atom. The number of carbonyl (C=O) groups excluding carboxylic acids is 1. The van der Waals surface area contributed by atoms with Gasteiger partial charge in [-0.25, -0.2) is 0 Å². The molecule has 0 aromatic rings. The van der Waals surface area contributed by atoms with Gasteiger partial charge in [0, 0.05) is 19.2 Å². The molecule has 0 aromatic carbocycles. The van der Waals surface area contributed by atoms with Crippen molar-refractivity contribution in [1.82, 2.24) is 9.80 Å². The molecule has 2 aliphatic rings. The number of hydrogen-bond donors (Lipinski definition) is 1. The van der Waals surface area contributed by atoms with Gasteiger partial charge in [-0.3, -0.25) is 9.69 Å². The summed E-state index contributed by atoms with van der Waals surface area (Å²) in [6.07, 6.45) is 4.42. The number of aliphatic hydroxyl groups excluding tert-OH is 1. The number of rotatable bonds is 6. The SMILES string of the molecule is CC(C)CN(C(=O)CN1CCC(CO)CC1)C1CC1. The van der Waals surface area contributed by atoms with Crippen molar-refractivity contribution in [3.05, 3.63) is 0 Å². The monoisotopic (exact) mass is 268 g/mol. The predicted molar refractivity (Wildman–Crippen MR) is 75.8 cm³/mol. The molecule has 4 nitrogen and oxygen atoms in total. The van der Waals surface area contributed by atoms with Gasteiger partial charge < -0.3 is 10.0 Å². The van der Waals surface area contributed by atoms with Gasteiger partial charge in [-0.15, -0.1) is 0 Å². The minimum Gasteiger partial charge on any atom is -0.396 e. The summed E-state index contributed by atoms with van der Waals surface area (Å²) in [5, 5.41) is 9.13. The molecule has 2 rings (SSSR count). The fourth-order valence-electron chi connectivity index (χ4n) is 2.84. The largest absolute Gasteiger partial charge is 0.396 e. The Morgan fingerprint density at radius 3 is 2.37 bits per heavy atom. The third-order valence-electron chi connectivity index (χ3n) is 4.19. The zero-order chi connectivity index (χ0) is 13.8. The van der Waals surface area contributed by atoms with Gasteiger partial charge in [0.1, 0.15) is 0 Å². The summed E-state index contributed by atoms with van der Waals surface area (Å²) < 4.78 is 0. The van der Waals surface area contributed by atoms with Crippen LogP contribution in [0.2, 0.25) is 0 Å². The Balaban J connectivity index is 1.79. The van der Waals surface area contributed by atoms with E-state index in [0.29, 0.717) is 36.9 Å². The highest BCUT2D eigenvalue weighted by Crippen LogP contribution is 2.28. The van der Waals surface area contributed by atoms with Crippen LogP contribution in [0.25, 0.3) is 0 Å². The van der Waals surface area contributed by atoms with E-state index < -0.39 is 0 Å². The third-order valence-corrected chi connectivity index (χ3v) is 4.19. The van der Waals surface area contributed by atoms with Crippen LogP contribution in [-0.2, 0) is 4.79 Å². The molecule has 0 spiro atoms. The maximum atomic E-state index is 12.4. The average Bonchev–Trinajstić information content (AvgIpc) is 3.21. The van der Waals surface area contributed by atoms with Crippen molar-refractivity contribution in [2.45, 2.75) is 45.6 Å². The van der Waals surface area contributed by atoms with Gasteiger partial charge in [0.05, 0.1) is 6.54 Å². The zero-order valence-corrected chi connectivity index (χ0v) is 12.3. The lowest BCUT2D eigenvalue weighted by Gasteiger charge is -2.33. The molecular formula is C15H28N2O2.